The zero-order valence-corrected chi connectivity index (χ0v) is 11.9. The molecule has 3 heteroatoms. The van der Waals surface area contributed by atoms with Crippen LogP contribution >= 0.6 is 27.7 Å². The van der Waals surface area contributed by atoms with Crippen molar-refractivity contribution in [2.75, 3.05) is 5.75 Å². The van der Waals surface area contributed by atoms with Gasteiger partial charge < -0.3 is 0 Å². The lowest BCUT2D eigenvalue weighted by Crippen LogP contribution is -1.88. The number of thioether (sulfide) groups is 1. The predicted molar refractivity (Wildman–Crippen MR) is 79.2 cm³/mol. The number of nitrogens with zero attached hydrogens (tertiary/aromatic N) is 1. The molecular weight excluding hydrogens is 282 g/mol. The first-order valence-electron chi connectivity index (χ1n) is 5.21. The number of allylic oxidation sites excluding steroid dienone is 6. The third kappa shape index (κ3) is 5.52. The van der Waals surface area contributed by atoms with E-state index >= 15 is 0 Å². The zero-order valence-electron chi connectivity index (χ0n) is 9.45. The molecule has 0 aliphatic heterocycles. The van der Waals surface area contributed by atoms with Crippen molar-refractivity contribution in [1.82, 2.24) is 0 Å². The summed E-state index contributed by atoms with van der Waals surface area (Å²) in [5, 5.41) is 0.957. The molecule has 1 nitrogen and oxygen atoms in total. The lowest BCUT2D eigenvalue weighted by molar-refractivity contribution is 1.02. The van der Waals surface area contributed by atoms with E-state index in [0.29, 0.717) is 0 Å². The molecule has 86 valence electrons. The van der Waals surface area contributed by atoms with Crippen molar-refractivity contribution in [3.63, 3.8) is 0 Å². The van der Waals surface area contributed by atoms with Crippen molar-refractivity contribution in [1.29, 1.82) is 0 Å². The van der Waals surface area contributed by atoms with Crippen molar-refractivity contribution in [2.24, 2.45) is 4.99 Å². The van der Waals surface area contributed by atoms with Crippen LogP contribution in [0.3, 0.4) is 0 Å². The predicted octanol–water partition coefficient (Wildman–Crippen LogP) is 4.84. The van der Waals surface area contributed by atoms with Crippen molar-refractivity contribution in [3.8, 4) is 0 Å². The quantitative estimate of drug-likeness (QED) is 0.523. The molecule has 1 aliphatic rings. The second kappa shape index (κ2) is 7.69. The van der Waals surface area contributed by atoms with E-state index in [1.165, 1.54) is 12.0 Å². The summed E-state index contributed by atoms with van der Waals surface area (Å²) in [5.41, 5.74) is 1.38. The molecule has 0 aromatic rings. The van der Waals surface area contributed by atoms with Gasteiger partial charge in [0.05, 0.1) is 5.03 Å². The van der Waals surface area contributed by atoms with Gasteiger partial charge in [-0.3, -0.25) is 4.99 Å². The Morgan fingerprint density at radius 1 is 1.56 bits per heavy atom. The zero-order chi connectivity index (χ0) is 11.8. The molecular formula is C13H16BrNS. The highest BCUT2D eigenvalue weighted by molar-refractivity contribution is 9.11. The SMILES string of the molecule is C=N/C(=C\C=C(/C)Br)SCC1=CCCC=C1. The summed E-state index contributed by atoms with van der Waals surface area (Å²) in [6, 6.07) is 0. The monoisotopic (exact) mass is 297 g/mol. The number of hydrogen-bond donors (Lipinski definition) is 0. The fraction of sp³-hybridized carbons (Fsp3) is 0.308. The summed E-state index contributed by atoms with van der Waals surface area (Å²) in [6.07, 6.45) is 13.0. The van der Waals surface area contributed by atoms with Crippen LogP contribution in [0.2, 0.25) is 0 Å². The minimum Gasteiger partial charge on any atom is -0.258 e. The minimum absolute atomic E-state index is 0.957. The first-order chi connectivity index (χ1) is 7.72. The van der Waals surface area contributed by atoms with E-state index in [0.717, 1.165) is 21.7 Å². The van der Waals surface area contributed by atoms with E-state index in [2.05, 4.69) is 45.9 Å². The molecule has 0 saturated heterocycles. The lowest BCUT2D eigenvalue weighted by atomic mass is 10.1. The van der Waals surface area contributed by atoms with E-state index in [1.807, 2.05) is 19.1 Å². The van der Waals surface area contributed by atoms with Crippen molar-refractivity contribution >= 4 is 34.4 Å². The Morgan fingerprint density at radius 3 is 2.94 bits per heavy atom. The second-order valence-corrected chi connectivity index (χ2v) is 5.71. The lowest BCUT2D eigenvalue weighted by Gasteiger charge is -2.06. The maximum Gasteiger partial charge on any atom is 0.0956 e. The highest BCUT2D eigenvalue weighted by atomic mass is 79.9. The number of hydrogen-bond acceptors (Lipinski definition) is 2. The summed E-state index contributed by atoms with van der Waals surface area (Å²) in [4.78, 5) is 4.00. The molecule has 0 fully saturated rings. The van der Waals surface area contributed by atoms with Crippen LogP contribution in [0.15, 0.2) is 50.5 Å². The van der Waals surface area contributed by atoms with Crippen LogP contribution in [0.1, 0.15) is 19.8 Å². The summed E-state index contributed by atoms with van der Waals surface area (Å²) in [6.45, 7) is 5.58. The van der Waals surface area contributed by atoms with Crippen LogP contribution in [0.5, 0.6) is 0 Å². The van der Waals surface area contributed by atoms with E-state index in [9.17, 15) is 0 Å². The Kier molecular flexibility index (Phi) is 6.50. The van der Waals surface area contributed by atoms with Crippen LogP contribution in [0.25, 0.3) is 0 Å². The van der Waals surface area contributed by atoms with Crippen LogP contribution in [0.4, 0.5) is 0 Å². The molecule has 0 N–H and O–H groups in total. The fourth-order valence-electron chi connectivity index (χ4n) is 1.26. The molecule has 0 aromatic carbocycles. The van der Waals surface area contributed by atoms with E-state index < -0.39 is 0 Å². The highest BCUT2D eigenvalue weighted by Gasteiger charge is 1.99. The summed E-state index contributed by atoms with van der Waals surface area (Å²) in [7, 11) is 0. The Hall–Kier alpha value is -0.540. The number of halogens is 1. The van der Waals surface area contributed by atoms with Gasteiger partial charge in [0.2, 0.25) is 0 Å². The van der Waals surface area contributed by atoms with Gasteiger partial charge in [0, 0.05) is 5.75 Å². The second-order valence-electron chi connectivity index (χ2n) is 3.46. The molecule has 0 bridgehead atoms. The van der Waals surface area contributed by atoms with Gasteiger partial charge in [0.1, 0.15) is 0 Å². The largest absolute Gasteiger partial charge is 0.258 e. The Labute approximate surface area is 110 Å². The van der Waals surface area contributed by atoms with Crippen LogP contribution in [-0.4, -0.2) is 12.5 Å². The van der Waals surface area contributed by atoms with Crippen LogP contribution in [0, 0.1) is 0 Å². The first-order valence-corrected chi connectivity index (χ1v) is 6.99. The van der Waals surface area contributed by atoms with Gasteiger partial charge >= 0.3 is 0 Å². The van der Waals surface area contributed by atoms with Crippen LogP contribution in [-0.2, 0) is 0 Å². The van der Waals surface area contributed by atoms with E-state index in [4.69, 9.17) is 0 Å². The molecule has 0 radical (unpaired) electrons. The van der Waals surface area contributed by atoms with Gasteiger partial charge in [-0.15, -0.1) is 11.8 Å². The van der Waals surface area contributed by atoms with E-state index in [-0.39, 0.29) is 0 Å². The van der Waals surface area contributed by atoms with Gasteiger partial charge in [-0.2, -0.15) is 0 Å². The van der Waals surface area contributed by atoms with Crippen molar-refractivity contribution < 1.29 is 0 Å². The molecule has 0 spiro atoms. The maximum absolute atomic E-state index is 4.00. The summed E-state index contributed by atoms with van der Waals surface area (Å²) >= 11 is 5.10. The van der Waals surface area contributed by atoms with Gasteiger partial charge in [-0.25, -0.2) is 0 Å². The fourth-order valence-corrected chi connectivity index (χ4v) is 2.18. The molecule has 0 saturated carbocycles. The van der Waals surface area contributed by atoms with Gasteiger partial charge in [-0.05, 0) is 48.7 Å². The Balaban J connectivity index is 2.48. The molecule has 0 aromatic heterocycles. The summed E-state index contributed by atoms with van der Waals surface area (Å²) in [5.74, 6) is 0.969. The molecule has 16 heavy (non-hydrogen) atoms. The molecule has 0 amide bonds. The normalized spacial score (nSPS) is 17.2. The number of rotatable bonds is 5. The maximum atomic E-state index is 4.00. The van der Waals surface area contributed by atoms with Gasteiger partial charge in [0.15, 0.2) is 0 Å². The average molecular weight is 298 g/mol. The third-order valence-electron chi connectivity index (χ3n) is 2.07. The molecule has 0 unspecified atom stereocenters. The van der Waals surface area contributed by atoms with Crippen molar-refractivity contribution in [3.05, 3.63) is 45.5 Å². The van der Waals surface area contributed by atoms with Crippen LogP contribution < -0.4 is 0 Å². The minimum atomic E-state index is 0.957. The third-order valence-corrected chi connectivity index (χ3v) is 3.37. The Morgan fingerprint density at radius 2 is 2.38 bits per heavy atom. The van der Waals surface area contributed by atoms with Gasteiger partial charge in [-0.1, -0.05) is 34.2 Å². The summed E-state index contributed by atoms with van der Waals surface area (Å²) < 4.78 is 1.09. The average Bonchev–Trinajstić information content (AvgIpc) is 2.30. The molecule has 1 rings (SSSR count). The molecule has 0 heterocycles. The first kappa shape index (κ1) is 13.5. The van der Waals surface area contributed by atoms with Gasteiger partial charge in [0.25, 0.3) is 0 Å². The highest BCUT2D eigenvalue weighted by Crippen LogP contribution is 2.22. The smallest absolute Gasteiger partial charge is 0.0956 e. The number of aliphatic imine (C=N–C) groups is 1. The van der Waals surface area contributed by atoms with E-state index in [1.54, 1.807) is 11.8 Å². The molecule has 0 atom stereocenters. The standard InChI is InChI=1S/C13H16BrNS/c1-11(14)8-9-13(15-2)16-10-12-6-4-3-5-7-12/h4,6-9H,2-3,5,10H2,1H3/b11-8+,13-9+. The topological polar surface area (TPSA) is 12.4 Å². The molecule has 1 aliphatic carbocycles. The Bertz CT molecular complexity index is 360. The van der Waals surface area contributed by atoms with Crippen molar-refractivity contribution in [2.45, 2.75) is 19.8 Å².